The van der Waals surface area contributed by atoms with Gasteiger partial charge in [-0.1, -0.05) is 25.8 Å². The third-order valence-electron chi connectivity index (χ3n) is 5.04. The van der Waals surface area contributed by atoms with Crippen molar-refractivity contribution in [2.24, 2.45) is 5.41 Å². The van der Waals surface area contributed by atoms with Crippen molar-refractivity contribution in [3.8, 4) is 0 Å². The van der Waals surface area contributed by atoms with Gasteiger partial charge in [-0.15, -0.1) is 6.58 Å². The zero-order valence-electron chi connectivity index (χ0n) is 12.3. The standard InChI is InChI=1S/C16H28N2O/c1-3-13-18(14-7-5-6-8-14)15(19)16(4-2)9-11-17-12-10-16/h3,14,17H,1,4-13H2,2H3. The second-order valence-electron chi connectivity index (χ2n) is 6.07. The van der Waals surface area contributed by atoms with Gasteiger partial charge in [0.25, 0.3) is 0 Å². The number of nitrogens with zero attached hydrogens (tertiary/aromatic N) is 1. The Morgan fingerprint density at radius 1 is 1.37 bits per heavy atom. The molecule has 0 bridgehead atoms. The van der Waals surface area contributed by atoms with Gasteiger partial charge in [0.1, 0.15) is 0 Å². The maximum Gasteiger partial charge on any atom is 0.229 e. The van der Waals surface area contributed by atoms with Gasteiger partial charge in [-0.05, 0) is 45.2 Å². The first-order valence-electron chi connectivity index (χ1n) is 7.86. The minimum Gasteiger partial charge on any atom is -0.336 e. The van der Waals surface area contributed by atoms with Crippen molar-refractivity contribution in [2.75, 3.05) is 19.6 Å². The number of hydrogen-bond donors (Lipinski definition) is 1. The third-order valence-corrected chi connectivity index (χ3v) is 5.04. The quantitative estimate of drug-likeness (QED) is 0.774. The summed E-state index contributed by atoms with van der Waals surface area (Å²) in [7, 11) is 0. The van der Waals surface area contributed by atoms with Gasteiger partial charge in [0, 0.05) is 12.6 Å². The summed E-state index contributed by atoms with van der Waals surface area (Å²) in [6.07, 6.45) is 9.73. The van der Waals surface area contributed by atoms with Crippen LogP contribution in [0, 0.1) is 5.41 Å². The molecule has 0 unspecified atom stereocenters. The van der Waals surface area contributed by atoms with E-state index in [0.717, 1.165) is 38.9 Å². The van der Waals surface area contributed by atoms with Crippen LogP contribution in [0.5, 0.6) is 0 Å². The van der Waals surface area contributed by atoms with E-state index in [1.54, 1.807) is 0 Å². The topological polar surface area (TPSA) is 32.3 Å². The number of rotatable bonds is 5. The number of carbonyl (C=O) groups is 1. The summed E-state index contributed by atoms with van der Waals surface area (Å²) in [4.78, 5) is 15.2. The van der Waals surface area contributed by atoms with Crippen molar-refractivity contribution >= 4 is 5.91 Å². The minimum absolute atomic E-state index is 0.114. The lowest BCUT2D eigenvalue weighted by Gasteiger charge is -2.41. The predicted octanol–water partition coefficient (Wildman–Crippen LogP) is 2.72. The van der Waals surface area contributed by atoms with Gasteiger partial charge in [0.15, 0.2) is 0 Å². The van der Waals surface area contributed by atoms with Crippen molar-refractivity contribution in [1.82, 2.24) is 10.2 Å². The lowest BCUT2D eigenvalue weighted by molar-refractivity contribution is -0.146. The Kier molecular flexibility index (Phi) is 5.03. The normalized spacial score (nSPS) is 23.2. The molecule has 108 valence electrons. The summed E-state index contributed by atoms with van der Waals surface area (Å²) in [5.74, 6) is 0.392. The predicted molar refractivity (Wildman–Crippen MR) is 79.0 cm³/mol. The monoisotopic (exact) mass is 264 g/mol. The molecule has 3 heteroatoms. The van der Waals surface area contributed by atoms with Gasteiger partial charge in [-0.2, -0.15) is 0 Å². The van der Waals surface area contributed by atoms with E-state index < -0.39 is 0 Å². The summed E-state index contributed by atoms with van der Waals surface area (Å²) < 4.78 is 0. The molecule has 1 aliphatic carbocycles. The highest BCUT2D eigenvalue weighted by molar-refractivity contribution is 5.83. The Morgan fingerprint density at radius 3 is 2.53 bits per heavy atom. The lowest BCUT2D eigenvalue weighted by Crippen LogP contribution is -2.51. The number of piperidine rings is 1. The zero-order chi connectivity index (χ0) is 13.7. The smallest absolute Gasteiger partial charge is 0.229 e. The van der Waals surface area contributed by atoms with Gasteiger partial charge in [-0.25, -0.2) is 0 Å². The molecule has 1 saturated heterocycles. The second-order valence-corrected chi connectivity index (χ2v) is 6.07. The zero-order valence-corrected chi connectivity index (χ0v) is 12.3. The molecule has 0 spiro atoms. The van der Waals surface area contributed by atoms with E-state index in [2.05, 4.69) is 23.7 Å². The Labute approximate surface area is 117 Å². The first-order chi connectivity index (χ1) is 9.23. The van der Waals surface area contributed by atoms with E-state index in [4.69, 9.17) is 0 Å². The van der Waals surface area contributed by atoms with Crippen molar-refractivity contribution in [3.63, 3.8) is 0 Å². The van der Waals surface area contributed by atoms with Crippen LogP contribution in [0.4, 0.5) is 0 Å². The van der Waals surface area contributed by atoms with Crippen LogP contribution in [0.1, 0.15) is 51.9 Å². The van der Waals surface area contributed by atoms with E-state index in [-0.39, 0.29) is 5.41 Å². The average Bonchev–Trinajstić information content (AvgIpc) is 2.98. The van der Waals surface area contributed by atoms with Crippen molar-refractivity contribution < 1.29 is 4.79 Å². The molecule has 0 radical (unpaired) electrons. The summed E-state index contributed by atoms with van der Waals surface area (Å²) in [6, 6.07) is 0.462. The number of amides is 1. The van der Waals surface area contributed by atoms with Crippen LogP contribution in [-0.2, 0) is 4.79 Å². The summed E-state index contributed by atoms with van der Waals surface area (Å²) >= 11 is 0. The molecule has 1 N–H and O–H groups in total. The fourth-order valence-electron chi connectivity index (χ4n) is 3.68. The maximum absolute atomic E-state index is 13.1. The molecule has 1 amide bonds. The van der Waals surface area contributed by atoms with Gasteiger partial charge in [0.2, 0.25) is 5.91 Å². The first kappa shape index (κ1) is 14.6. The van der Waals surface area contributed by atoms with Gasteiger partial charge in [-0.3, -0.25) is 4.79 Å². The Hall–Kier alpha value is -0.830. The second kappa shape index (κ2) is 6.56. The van der Waals surface area contributed by atoms with E-state index in [9.17, 15) is 4.79 Å². The first-order valence-corrected chi connectivity index (χ1v) is 7.86. The molecule has 2 rings (SSSR count). The minimum atomic E-state index is -0.114. The summed E-state index contributed by atoms with van der Waals surface area (Å²) in [6.45, 7) is 8.69. The van der Waals surface area contributed by atoms with Crippen LogP contribution in [0.25, 0.3) is 0 Å². The van der Waals surface area contributed by atoms with Crippen LogP contribution < -0.4 is 5.32 Å². The van der Waals surface area contributed by atoms with Crippen molar-refractivity contribution in [2.45, 2.75) is 57.9 Å². The molecule has 3 nitrogen and oxygen atoms in total. The highest BCUT2D eigenvalue weighted by Gasteiger charge is 2.42. The highest BCUT2D eigenvalue weighted by atomic mass is 16.2. The van der Waals surface area contributed by atoms with Crippen LogP contribution in [0.15, 0.2) is 12.7 Å². The molecule has 1 aliphatic heterocycles. The Bertz CT molecular complexity index is 315. The molecule has 2 aliphatic rings. The van der Waals surface area contributed by atoms with E-state index >= 15 is 0 Å². The Morgan fingerprint density at radius 2 is 2.00 bits per heavy atom. The molecular formula is C16H28N2O. The van der Waals surface area contributed by atoms with Gasteiger partial charge >= 0.3 is 0 Å². The average molecular weight is 264 g/mol. The molecule has 1 heterocycles. The molecule has 0 aromatic carbocycles. The number of carbonyl (C=O) groups excluding carboxylic acids is 1. The fraction of sp³-hybridized carbons (Fsp3) is 0.812. The summed E-state index contributed by atoms with van der Waals surface area (Å²) in [5.41, 5.74) is -0.114. The summed E-state index contributed by atoms with van der Waals surface area (Å²) in [5, 5.41) is 3.38. The van der Waals surface area contributed by atoms with E-state index in [0.29, 0.717) is 11.9 Å². The van der Waals surface area contributed by atoms with Crippen LogP contribution >= 0.6 is 0 Å². The SMILES string of the molecule is C=CCN(C(=O)C1(CC)CCNCC1)C1CCCC1. The highest BCUT2D eigenvalue weighted by Crippen LogP contribution is 2.37. The van der Waals surface area contributed by atoms with Crippen LogP contribution in [0.2, 0.25) is 0 Å². The van der Waals surface area contributed by atoms with E-state index in [1.807, 2.05) is 6.08 Å². The number of nitrogens with one attached hydrogen (secondary N) is 1. The fourth-order valence-corrected chi connectivity index (χ4v) is 3.68. The van der Waals surface area contributed by atoms with Crippen LogP contribution in [0.3, 0.4) is 0 Å². The third kappa shape index (κ3) is 3.02. The lowest BCUT2D eigenvalue weighted by atomic mass is 9.75. The largest absolute Gasteiger partial charge is 0.336 e. The van der Waals surface area contributed by atoms with Crippen molar-refractivity contribution in [3.05, 3.63) is 12.7 Å². The Balaban J connectivity index is 2.14. The maximum atomic E-state index is 13.1. The molecule has 2 fully saturated rings. The van der Waals surface area contributed by atoms with E-state index in [1.165, 1.54) is 25.7 Å². The molecular weight excluding hydrogens is 236 g/mol. The molecule has 0 aromatic heterocycles. The molecule has 1 saturated carbocycles. The van der Waals surface area contributed by atoms with Crippen molar-refractivity contribution in [1.29, 1.82) is 0 Å². The molecule has 0 aromatic rings. The molecule has 19 heavy (non-hydrogen) atoms. The number of hydrogen-bond acceptors (Lipinski definition) is 2. The molecule has 0 atom stereocenters. The van der Waals surface area contributed by atoms with Gasteiger partial charge < -0.3 is 10.2 Å². The van der Waals surface area contributed by atoms with Gasteiger partial charge in [0.05, 0.1) is 5.41 Å². The van der Waals surface area contributed by atoms with Crippen LogP contribution in [-0.4, -0.2) is 36.5 Å².